The van der Waals surface area contributed by atoms with Crippen molar-refractivity contribution in [3.8, 4) is 0 Å². The number of carbonyl (C=O) groups excluding carboxylic acids is 1. The van der Waals surface area contributed by atoms with Gasteiger partial charge in [0.15, 0.2) is 0 Å². The first-order chi connectivity index (χ1) is 8.84. The van der Waals surface area contributed by atoms with Crippen LogP contribution in [0.3, 0.4) is 0 Å². The molecular formula is C16H21NO. The van der Waals surface area contributed by atoms with Gasteiger partial charge in [0.05, 0.1) is 5.92 Å². The summed E-state index contributed by atoms with van der Waals surface area (Å²) in [4.78, 5) is 12.4. The van der Waals surface area contributed by atoms with Crippen LogP contribution in [0, 0.1) is 5.92 Å². The number of carbonyl (C=O) groups is 1. The highest BCUT2D eigenvalue weighted by molar-refractivity contribution is 5.90. The molecule has 96 valence electrons. The number of rotatable bonds is 3. The van der Waals surface area contributed by atoms with E-state index in [2.05, 4.69) is 17.4 Å². The Balaban J connectivity index is 1.67. The highest BCUT2D eigenvalue weighted by Crippen LogP contribution is 2.35. The SMILES string of the molecule is O=C(CC1CCCCC1)C1CNc2ccccc21. The first kappa shape index (κ1) is 11.8. The minimum Gasteiger partial charge on any atom is -0.384 e. The molecular weight excluding hydrogens is 222 g/mol. The number of para-hydroxylation sites is 1. The second-order valence-electron chi connectivity index (χ2n) is 5.70. The van der Waals surface area contributed by atoms with Crippen molar-refractivity contribution in [2.75, 3.05) is 11.9 Å². The van der Waals surface area contributed by atoms with Crippen LogP contribution in [0.2, 0.25) is 0 Å². The van der Waals surface area contributed by atoms with Gasteiger partial charge in [-0.2, -0.15) is 0 Å². The molecule has 1 aliphatic carbocycles. The molecule has 1 aromatic rings. The maximum Gasteiger partial charge on any atom is 0.142 e. The van der Waals surface area contributed by atoms with Crippen LogP contribution in [0.15, 0.2) is 24.3 Å². The van der Waals surface area contributed by atoms with Crippen molar-refractivity contribution in [2.24, 2.45) is 5.92 Å². The van der Waals surface area contributed by atoms with E-state index in [0.717, 1.165) is 18.7 Å². The zero-order valence-electron chi connectivity index (χ0n) is 10.8. The van der Waals surface area contributed by atoms with Crippen LogP contribution >= 0.6 is 0 Å². The molecule has 1 N–H and O–H groups in total. The van der Waals surface area contributed by atoms with Gasteiger partial charge in [0.25, 0.3) is 0 Å². The molecule has 1 unspecified atom stereocenters. The minimum atomic E-state index is 0.100. The molecule has 0 radical (unpaired) electrons. The molecule has 1 heterocycles. The Morgan fingerprint density at radius 3 is 2.78 bits per heavy atom. The molecule has 1 aromatic carbocycles. The lowest BCUT2D eigenvalue weighted by Crippen LogP contribution is -2.19. The Labute approximate surface area is 109 Å². The predicted molar refractivity (Wildman–Crippen MR) is 73.9 cm³/mol. The molecule has 1 atom stereocenters. The van der Waals surface area contributed by atoms with Crippen molar-refractivity contribution >= 4 is 11.5 Å². The van der Waals surface area contributed by atoms with Gasteiger partial charge >= 0.3 is 0 Å². The fraction of sp³-hybridized carbons (Fsp3) is 0.562. The molecule has 1 saturated carbocycles. The maximum absolute atomic E-state index is 12.4. The van der Waals surface area contributed by atoms with E-state index in [-0.39, 0.29) is 5.92 Å². The van der Waals surface area contributed by atoms with Crippen LogP contribution in [0.4, 0.5) is 5.69 Å². The number of anilines is 1. The molecule has 2 nitrogen and oxygen atoms in total. The van der Waals surface area contributed by atoms with Crippen LogP contribution in [0.5, 0.6) is 0 Å². The molecule has 3 rings (SSSR count). The first-order valence-corrected chi connectivity index (χ1v) is 7.20. The van der Waals surface area contributed by atoms with E-state index in [0.29, 0.717) is 11.7 Å². The fourth-order valence-electron chi connectivity index (χ4n) is 3.39. The summed E-state index contributed by atoms with van der Waals surface area (Å²) in [5.74, 6) is 1.20. The third-order valence-electron chi connectivity index (χ3n) is 4.44. The van der Waals surface area contributed by atoms with Crippen LogP contribution in [-0.4, -0.2) is 12.3 Å². The topological polar surface area (TPSA) is 29.1 Å². The molecule has 0 spiro atoms. The maximum atomic E-state index is 12.4. The molecule has 0 aromatic heterocycles. The van der Waals surface area contributed by atoms with Crippen molar-refractivity contribution in [3.63, 3.8) is 0 Å². The fourth-order valence-corrected chi connectivity index (χ4v) is 3.39. The van der Waals surface area contributed by atoms with Crippen molar-refractivity contribution in [1.82, 2.24) is 0 Å². The first-order valence-electron chi connectivity index (χ1n) is 7.20. The number of hydrogen-bond acceptors (Lipinski definition) is 2. The van der Waals surface area contributed by atoms with Gasteiger partial charge in [-0.15, -0.1) is 0 Å². The Hall–Kier alpha value is -1.31. The summed E-state index contributed by atoms with van der Waals surface area (Å²) in [6, 6.07) is 8.23. The van der Waals surface area contributed by atoms with Gasteiger partial charge in [-0.1, -0.05) is 50.3 Å². The lowest BCUT2D eigenvalue weighted by atomic mass is 9.82. The largest absolute Gasteiger partial charge is 0.384 e. The van der Waals surface area contributed by atoms with Crippen molar-refractivity contribution in [2.45, 2.75) is 44.4 Å². The van der Waals surface area contributed by atoms with Crippen LogP contribution < -0.4 is 5.32 Å². The second kappa shape index (κ2) is 5.13. The predicted octanol–water partition coefficient (Wildman–Crippen LogP) is 3.74. The third-order valence-corrected chi connectivity index (χ3v) is 4.44. The van der Waals surface area contributed by atoms with Crippen LogP contribution in [0.1, 0.15) is 50.0 Å². The number of ketones is 1. The van der Waals surface area contributed by atoms with E-state index in [9.17, 15) is 4.79 Å². The molecule has 0 bridgehead atoms. The molecule has 1 fully saturated rings. The van der Waals surface area contributed by atoms with Crippen LogP contribution in [-0.2, 0) is 4.79 Å². The smallest absolute Gasteiger partial charge is 0.142 e. The standard InChI is InChI=1S/C16H21NO/c18-16(10-12-6-2-1-3-7-12)14-11-17-15-9-5-4-8-13(14)15/h4-5,8-9,12,14,17H,1-3,6-7,10-11H2. The molecule has 0 amide bonds. The highest BCUT2D eigenvalue weighted by atomic mass is 16.1. The van der Waals surface area contributed by atoms with E-state index < -0.39 is 0 Å². The van der Waals surface area contributed by atoms with E-state index in [4.69, 9.17) is 0 Å². The zero-order valence-corrected chi connectivity index (χ0v) is 10.8. The summed E-state index contributed by atoms with van der Waals surface area (Å²) in [6.45, 7) is 0.797. The van der Waals surface area contributed by atoms with Crippen molar-refractivity contribution < 1.29 is 4.79 Å². The van der Waals surface area contributed by atoms with Crippen molar-refractivity contribution in [3.05, 3.63) is 29.8 Å². The molecule has 2 aliphatic rings. The second-order valence-corrected chi connectivity index (χ2v) is 5.70. The van der Waals surface area contributed by atoms with Gasteiger partial charge in [-0.25, -0.2) is 0 Å². The van der Waals surface area contributed by atoms with Crippen molar-refractivity contribution in [1.29, 1.82) is 0 Å². The molecule has 18 heavy (non-hydrogen) atoms. The Morgan fingerprint density at radius 1 is 1.17 bits per heavy atom. The van der Waals surface area contributed by atoms with E-state index in [1.807, 2.05) is 12.1 Å². The minimum absolute atomic E-state index is 0.100. The van der Waals surface area contributed by atoms with Gasteiger partial charge < -0.3 is 5.32 Å². The number of Topliss-reactive ketones (excluding diaryl/α,β-unsaturated/α-hetero) is 1. The number of nitrogens with one attached hydrogen (secondary N) is 1. The Morgan fingerprint density at radius 2 is 1.94 bits per heavy atom. The number of fused-ring (bicyclic) bond motifs is 1. The van der Waals surface area contributed by atoms with Gasteiger partial charge in [-0.3, -0.25) is 4.79 Å². The summed E-state index contributed by atoms with van der Waals surface area (Å²) in [5.41, 5.74) is 2.36. The zero-order chi connectivity index (χ0) is 12.4. The Bertz CT molecular complexity index is 434. The molecule has 2 heteroatoms. The van der Waals surface area contributed by atoms with E-state index in [1.54, 1.807) is 0 Å². The number of benzene rings is 1. The molecule has 0 saturated heterocycles. The average molecular weight is 243 g/mol. The summed E-state index contributed by atoms with van der Waals surface area (Å²) in [7, 11) is 0. The lowest BCUT2D eigenvalue weighted by molar-refractivity contribution is -0.121. The monoisotopic (exact) mass is 243 g/mol. The average Bonchev–Trinajstić information content (AvgIpc) is 2.84. The van der Waals surface area contributed by atoms with Crippen LogP contribution in [0.25, 0.3) is 0 Å². The highest BCUT2D eigenvalue weighted by Gasteiger charge is 2.29. The van der Waals surface area contributed by atoms with Gasteiger partial charge in [-0.05, 0) is 17.5 Å². The normalized spacial score (nSPS) is 23.4. The summed E-state index contributed by atoms with van der Waals surface area (Å²) in [5, 5.41) is 3.35. The third kappa shape index (κ3) is 2.29. The van der Waals surface area contributed by atoms with E-state index in [1.165, 1.54) is 37.7 Å². The van der Waals surface area contributed by atoms with E-state index >= 15 is 0 Å². The number of hydrogen-bond donors (Lipinski definition) is 1. The Kier molecular flexibility index (Phi) is 3.35. The van der Waals surface area contributed by atoms with Gasteiger partial charge in [0.2, 0.25) is 0 Å². The summed E-state index contributed by atoms with van der Waals surface area (Å²) < 4.78 is 0. The molecule has 1 aliphatic heterocycles. The summed E-state index contributed by atoms with van der Waals surface area (Å²) in [6.07, 6.45) is 7.30. The van der Waals surface area contributed by atoms with Gasteiger partial charge in [0.1, 0.15) is 5.78 Å². The van der Waals surface area contributed by atoms with Gasteiger partial charge in [0, 0.05) is 18.7 Å². The summed E-state index contributed by atoms with van der Waals surface area (Å²) >= 11 is 0. The quantitative estimate of drug-likeness (QED) is 0.876. The lowest BCUT2D eigenvalue weighted by Gasteiger charge is -2.22.